The SMILES string of the molecule is CCC1C2CC3CC2C(CC)C31CC. The van der Waals surface area contributed by atoms with E-state index in [4.69, 9.17) is 0 Å². The molecule has 4 atom stereocenters. The van der Waals surface area contributed by atoms with Crippen LogP contribution in [-0.4, -0.2) is 0 Å². The zero-order valence-electron chi connectivity index (χ0n) is 9.92. The number of hydrogen-bond donors (Lipinski definition) is 0. The Kier molecular flexibility index (Phi) is 1.83. The summed E-state index contributed by atoms with van der Waals surface area (Å²) in [6.45, 7) is 7.34. The Morgan fingerprint density at radius 1 is 0.929 bits per heavy atom. The molecule has 0 aliphatic heterocycles. The summed E-state index contributed by atoms with van der Waals surface area (Å²) < 4.78 is 0. The summed E-state index contributed by atoms with van der Waals surface area (Å²) in [4.78, 5) is 0. The highest BCUT2D eigenvalue weighted by Crippen LogP contribution is 2.77. The third kappa shape index (κ3) is 0.717. The first kappa shape index (κ1) is 9.24. The van der Waals surface area contributed by atoms with E-state index in [0.717, 1.165) is 35.0 Å². The van der Waals surface area contributed by atoms with Gasteiger partial charge in [0, 0.05) is 0 Å². The van der Waals surface area contributed by atoms with Crippen molar-refractivity contribution in [3.63, 3.8) is 0 Å². The molecular formula is C14H24. The molecule has 4 unspecified atom stereocenters. The minimum Gasteiger partial charge on any atom is -0.0651 e. The van der Waals surface area contributed by atoms with Crippen LogP contribution in [0.15, 0.2) is 0 Å². The van der Waals surface area contributed by atoms with Gasteiger partial charge in [0.25, 0.3) is 0 Å². The van der Waals surface area contributed by atoms with Crippen LogP contribution in [0.5, 0.6) is 0 Å². The van der Waals surface area contributed by atoms with E-state index in [-0.39, 0.29) is 0 Å². The molecule has 0 nitrogen and oxygen atoms in total. The molecule has 4 fully saturated rings. The van der Waals surface area contributed by atoms with E-state index in [2.05, 4.69) is 20.8 Å². The Morgan fingerprint density at radius 3 is 1.79 bits per heavy atom. The summed E-state index contributed by atoms with van der Waals surface area (Å²) in [6.07, 6.45) is 7.60. The van der Waals surface area contributed by atoms with Crippen molar-refractivity contribution in [3.8, 4) is 0 Å². The van der Waals surface area contributed by atoms with Crippen molar-refractivity contribution in [2.24, 2.45) is 35.0 Å². The van der Waals surface area contributed by atoms with Gasteiger partial charge in [-0.05, 0) is 54.3 Å². The second-order valence-corrected chi connectivity index (χ2v) is 5.99. The zero-order valence-corrected chi connectivity index (χ0v) is 9.92. The van der Waals surface area contributed by atoms with Gasteiger partial charge in [-0.25, -0.2) is 0 Å². The standard InChI is InChI=1S/C14H24/c1-4-12-10-7-9-8-11(10)13(5-2)14(9,12)6-3/h9-13H,4-8H2,1-3H3. The molecule has 0 spiro atoms. The molecule has 0 aromatic heterocycles. The van der Waals surface area contributed by atoms with Crippen molar-refractivity contribution >= 4 is 0 Å². The number of hydrogen-bond acceptors (Lipinski definition) is 0. The fourth-order valence-corrected chi connectivity index (χ4v) is 6.32. The molecule has 0 N–H and O–H groups in total. The maximum Gasteiger partial charge on any atom is -0.0210 e. The van der Waals surface area contributed by atoms with Crippen LogP contribution in [0.2, 0.25) is 0 Å². The van der Waals surface area contributed by atoms with Crippen molar-refractivity contribution in [2.75, 3.05) is 0 Å². The van der Waals surface area contributed by atoms with E-state index in [0.29, 0.717) is 0 Å². The van der Waals surface area contributed by atoms with Gasteiger partial charge in [-0.1, -0.05) is 33.6 Å². The van der Waals surface area contributed by atoms with E-state index in [1.807, 2.05) is 0 Å². The van der Waals surface area contributed by atoms with Crippen LogP contribution >= 0.6 is 0 Å². The molecule has 80 valence electrons. The maximum atomic E-state index is 2.47. The van der Waals surface area contributed by atoms with E-state index in [1.54, 1.807) is 12.8 Å². The molecule has 4 aliphatic rings. The zero-order chi connectivity index (χ0) is 9.92. The van der Waals surface area contributed by atoms with E-state index in [1.165, 1.54) is 19.3 Å². The Labute approximate surface area is 88.5 Å². The van der Waals surface area contributed by atoms with Gasteiger partial charge >= 0.3 is 0 Å². The first-order chi connectivity index (χ1) is 6.79. The van der Waals surface area contributed by atoms with Gasteiger partial charge in [-0.2, -0.15) is 0 Å². The lowest BCUT2D eigenvalue weighted by Crippen LogP contribution is -2.32. The molecule has 0 aromatic carbocycles. The summed E-state index contributed by atoms with van der Waals surface area (Å²) in [7, 11) is 0. The molecule has 4 rings (SSSR count). The van der Waals surface area contributed by atoms with Gasteiger partial charge in [0.1, 0.15) is 0 Å². The Balaban J connectivity index is 2.02. The smallest absolute Gasteiger partial charge is 0.0210 e. The lowest BCUT2D eigenvalue weighted by Gasteiger charge is -2.38. The summed E-state index contributed by atoms with van der Waals surface area (Å²) in [6, 6.07) is 0. The van der Waals surface area contributed by atoms with Crippen molar-refractivity contribution in [1.29, 1.82) is 0 Å². The predicted molar refractivity (Wildman–Crippen MR) is 60.0 cm³/mol. The van der Waals surface area contributed by atoms with Gasteiger partial charge < -0.3 is 0 Å². The minimum atomic E-state index is 0.818. The highest BCUT2D eigenvalue weighted by molar-refractivity contribution is 5.19. The first-order valence-corrected chi connectivity index (χ1v) is 6.79. The highest BCUT2D eigenvalue weighted by atomic mass is 14.8. The summed E-state index contributed by atoms with van der Waals surface area (Å²) in [5.74, 6) is 5.66. The molecule has 4 bridgehead atoms. The summed E-state index contributed by atoms with van der Waals surface area (Å²) >= 11 is 0. The summed E-state index contributed by atoms with van der Waals surface area (Å²) in [5.41, 5.74) is 0.818. The van der Waals surface area contributed by atoms with Gasteiger partial charge in [0.2, 0.25) is 0 Å². The topological polar surface area (TPSA) is 0 Å². The molecule has 0 amide bonds. The second-order valence-electron chi connectivity index (χ2n) is 5.99. The first-order valence-electron chi connectivity index (χ1n) is 6.79. The quantitative estimate of drug-likeness (QED) is 0.631. The monoisotopic (exact) mass is 192 g/mol. The molecule has 4 aliphatic carbocycles. The van der Waals surface area contributed by atoms with Gasteiger partial charge in [0.15, 0.2) is 0 Å². The summed E-state index contributed by atoms with van der Waals surface area (Å²) in [5, 5.41) is 0. The Bertz CT molecular complexity index is 222. The van der Waals surface area contributed by atoms with E-state index >= 15 is 0 Å². The van der Waals surface area contributed by atoms with Crippen LogP contribution in [0.25, 0.3) is 0 Å². The van der Waals surface area contributed by atoms with E-state index < -0.39 is 0 Å². The number of rotatable bonds is 3. The Morgan fingerprint density at radius 2 is 1.43 bits per heavy atom. The van der Waals surface area contributed by atoms with Crippen molar-refractivity contribution < 1.29 is 0 Å². The predicted octanol–water partition coefficient (Wildman–Crippen LogP) is 4.10. The Hall–Kier alpha value is 0. The highest BCUT2D eigenvalue weighted by Gasteiger charge is 2.71. The lowest BCUT2D eigenvalue weighted by molar-refractivity contribution is 0.102. The van der Waals surface area contributed by atoms with Gasteiger partial charge in [0.05, 0.1) is 0 Å². The average molecular weight is 192 g/mol. The average Bonchev–Trinajstić information content (AvgIpc) is 2.86. The fraction of sp³-hybridized carbons (Fsp3) is 1.00. The van der Waals surface area contributed by atoms with Gasteiger partial charge in [-0.15, -0.1) is 0 Å². The van der Waals surface area contributed by atoms with Crippen LogP contribution in [-0.2, 0) is 0 Å². The molecule has 0 heteroatoms. The van der Waals surface area contributed by atoms with Crippen LogP contribution in [0.4, 0.5) is 0 Å². The molecule has 0 heterocycles. The maximum absolute atomic E-state index is 2.47. The van der Waals surface area contributed by atoms with Crippen LogP contribution < -0.4 is 0 Å². The van der Waals surface area contributed by atoms with Crippen molar-refractivity contribution in [2.45, 2.75) is 52.9 Å². The van der Waals surface area contributed by atoms with Crippen molar-refractivity contribution in [1.82, 2.24) is 0 Å². The lowest BCUT2D eigenvalue weighted by atomic mass is 9.66. The van der Waals surface area contributed by atoms with Crippen LogP contribution in [0, 0.1) is 35.0 Å². The molecule has 4 saturated carbocycles. The van der Waals surface area contributed by atoms with Gasteiger partial charge in [-0.3, -0.25) is 0 Å². The minimum absolute atomic E-state index is 0.818. The third-order valence-electron chi connectivity index (χ3n) is 6.33. The molecule has 0 aromatic rings. The third-order valence-corrected chi connectivity index (χ3v) is 6.33. The molecular weight excluding hydrogens is 168 g/mol. The normalized spacial score (nSPS) is 58.9. The van der Waals surface area contributed by atoms with Crippen LogP contribution in [0.3, 0.4) is 0 Å². The molecule has 0 radical (unpaired) electrons. The molecule has 0 saturated heterocycles. The van der Waals surface area contributed by atoms with E-state index in [9.17, 15) is 0 Å². The molecule has 14 heavy (non-hydrogen) atoms. The van der Waals surface area contributed by atoms with Crippen LogP contribution in [0.1, 0.15) is 52.9 Å². The van der Waals surface area contributed by atoms with Crippen molar-refractivity contribution in [3.05, 3.63) is 0 Å². The largest absolute Gasteiger partial charge is 0.0651 e. The fourth-order valence-electron chi connectivity index (χ4n) is 6.32. The second kappa shape index (κ2) is 2.77.